The standard InChI is InChI=1S/C10H11FO/c1-8(10(11)7-12)9-5-3-2-4-6-9/h2-8,10H,1H3. The molecule has 0 amide bonds. The minimum absolute atomic E-state index is 0.344. The highest BCUT2D eigenvalue weighted by Gasteiger charge is 2.16. The van der Waals surface area contributed by atoms with Gasteiger partial charge in [-0.3, -0.25) is 0 Å². The first kappa shape index (κ1) is 8.91. The Bertz CT molecular complexity index is 245. The molecule has 1 aromatic carbocycles. The molecule has 0 aromatic heterocycles. The monoisotopic (exact) mass is 166 g/mol. The summed E-state index contributed by atoms with van der Waals surface area (Å²) in [6, 6.07) is 9.18. The van der Waals surface area contributed by atoms with Gasteiger partial charge >= 0.3 is 0 Å². The van der Waals surface area contributed by atoms with Crippen molar-refractivity contribution in [2.45, 2.75) is 19.0 Å². The van der Waals surface area contributed by atoms with E-state index in [1.165, 1.54) is 0 Å². The van der Waals surface area contributed by atoms with Gasteiger partial charge in [-0.15, -0.1) is 0 Å². The summed E-state index contributed by atoms with van der Waals surface area (Å²) in [7, 11) is 0. The number of aldehydes is 1. The average Bonchev–Trinajstić information content (AvgIpc) is 2.17. The van der Waals surface area contributed by atoms with Crippen LogP contribution in [0.3, 0.4) is 0 Å². The van der Waals surface area contributed by atoms with Crippen LogP contribution in [0.25, 0.3) is 0 Å². The third-order valence-corrected chi connectivity index (χ3v) is 1.93. The molecule has 0 spiro atoms. The summed E-state index contributed by atoms with van der Waals surface area (Å²) in [6.45, 7) is 1.70. The van der Waals surface area contributed by atoms with Gasteiger partial charge in [0.2, 0.25) is 0 Å². The van der Waals surface area contributed by atoms with Gasteiger partial charge in [0.05, 0.1) is 0 Å². The molecule has 0 radical (unpaired) electrons. The highest BCUT2D eigenvalue weighted by Crippen LogP contribution is 2.19. The second-order valence-electron chi connectivity index (χ2n) is 2.78. The van der Waals surface area contributed by atoms with Crippen LogP contribution in [0.1, 0.15) is 18.4 Å². The van der Waals surface area contributed by atoms with Crippen molar-refractivity contribution >= 4 is 6.29 Å². The van der Waals surface area contributed by atoms with Crippen LogP contribution in [0.4, 0.5) is 4.39 Å². The Kier molecular flexibility index (Phi) is 2.97. The van der Waals surface area contributed by atoms with Crippen LogP contribution in [-0.4, -0.2) is 12.5 Å². The summed E-state index contributed by atoms with van der Waals surface area (Å²) in [4.78, 5) is 10.1. The zero-order valence-electron chi connectivity index (χ0n) is 6.91. The number of carbonyl (C=O) groups is 1. The Morgan fingerprint density at radius 2 is 1.92 bits per heavy atom. The first-order valence-corrected chi connectivity index (χ1v) is 3.90. The third kappa shape index (κ3) is 1.91. The molecule has 64 valence electrons. The summed E-state index contributed by atoms with van der Waals surface area (Å²) in [5.41, 5.74) is 0.858. The number of rotatable bonds is 3. The Hall–Kier alpha value is -1.18. The van der Waals surface area contributed by atoms with Crippen LogP contribution < -0.4 is 0 Å². The van der Waals surface area contributed by atoms with Gasteiger partial charge in [-0.25, -0.2) is 4.39 Å². The van der Waals surface area contributed by atoms with Gasteiger partial charge in [0, 0.05) is 5.92 Å². The molecular weight excluding hydrogens is 155 g/mol. The third-order valence-electron chi connectivity index (χ3n) is 1.93. The fraction of sp³-hybridized carbons (Fsp3) is 0.300. The van der Waals surface area contributed by atoms with Crippen LogP contribution in [0.2, 0.25) is 0 Å². The lowest BCUT2D eigenvalue weighted by Gasteiger charge is -2.10. The lowest BCUT2D eigenvalue weighted by atomic mass is 9.97. The number of hydrogen-bond acceptors (Lipinski definition) is 1. The van der Waals surface area contributed by atoms with Crippen LogP contribution >= 0.6 is 0 Å². The minimum atomic E-state index is -1.40. The summed E-state index contributed by atoms with van der Waals surface area (Å²) >= 11 is 0. The molecule has 0 saturated heterocycles. The van der Waals surface area contributed by atoms with Crippen molar-refractivity contribution in [3.8, 4) is 0 Å². The molecule has 0 aliphatic heterocycles. The maximum atomic E-state index is 12.8. The van der Waals surface area contributed by atoms with Crippen molar-refractivity contribution in [2.24, 2.45) is 0 Å². The van der Waals surface area contributed by atoms with Gasteiger partial charge in [-0.05, 0) is 5.56 Å². The zero-order valence-corrected chi connectivity index (χ0v) is 6.91. The Morgan fingerprint density at radius 1 is 1.33 bits per heavy atom. The second kappa shape index (κ2) is 4.00. The molecule has 0 N–H and O–H groups in total. The van der Waals surface area contributed by atoms with E-state index in [4.69, 9.17) is 0 Å². The van der Waals surface area contributed by atoms with E-state index in [1.807, 2.05) is 30.3 Å². The predicted molar refractivity (Wildman–Crippen MR) is 45.8 cm³/mol. The van der Waals surface area contributed by atoms with Crippen molar-refractivity contribution in [1.82, 2.24) is 0 Å². The van der Waals surface area contributed by atoms with Crippen molar-refractivity contribution in [3.05, 3.63) is 35.9 Å². The molecule has 2 heteroatoms. The molecule has 12 heavy (non-hydrogen) atoms. The molecule has 2 atom stereocenters. The van der Waals surface area contributed by atoms with Gasteiger partial charge in [0.15, 0.2) is 12.5 Å². The quantitative estimate of drug-likeness (QED) is 0.630. The van der Waals surface area contributed by atoms with Crippen molar-refractivity contribution in [2.75, 3.05) is 0 Å². The van der Waals surface area contributed by atoms with Crippen molar-refractivity contribution < 1.29 is 9.18 Å². The lowest BCUT2D eigenvalue weighted by Crippen LogP contribution is -2.11. The van der Waals surface area contributed by atoms with E-state index < -0.39 is 6.17 Å². The summed E-state index contributed by atoms with van der Waals surface area (Å²) in [5, 5.41) is 0. The molecule has 0 aliphatic rings. The Balaban J connectivity index is 2.78. The summed E-state index contributed by atoms with van der Waals surface area (Å²) in [6.07, 6.45) is -1.05. The largest absolute Gasteiger partial charge is 0.300 e. The summed E-state index contributed by atoms with van der Waals surface area (Å²) in [5.74, 6) is -0.344. The highest BCUT2D eigenvalue weighted by molar-refractivity contribution is 5.58. The first-order valence-electron chi connectivity index (χ1n) is 3.90. The summed E-state index contributed by atoms with van der Waals surface area (Å²) < 4.78 is 12.8. The fourth-order valence-electron chi connectivity index (χ4n) is 1.06. The molecule has 0 heterocycles. The van der Waals surface area contributed by atoms with Crippen LogP contribution in [0, 0.1) is 0 Å². The first-order chi connectivity index (χ1) is 5.75. The molecular formula is C10H11FO. The average molecular weight is 166 g/mol. The molecule has 2 unspecified atom stereocenters. The highest BCUT2D eigenvalue weighted by atomic mass is 19.1. The maximum Gasteiger partial charge on any atom is 0.162 e. The van der Waals surface area contributed by atoms with E-state index in [2.05, 4.69) is 0 Å². The second-order valence-corrected chi connectivity index (χ2v) is 2.78. The Labute approximate surface area is 71.2 Å². The fourth-order valence-corrected chi connectivity index (χ4v) is 1.06. The minimum Gasteiger partial charge on any atom is -0.300 e. The van der Waals surface area contributed by atoms with E-state index in [0.717, 1.165) is 5.56 Å². The van der Waals surface area contributed by atoms with Gasteiger partial charge in [-0.1, -0.05) is 37.3 Å². The van der Waals surface area contributed by atoms with Gasteiger partial charge < -0.3 is 4.79 Å². The maximum absolute atomic E-state index is 12.8. The molecule has 0 fully saturated rings. The topological polar surface area (TPSA) is 17.1 Å². The van der Waals surface area contributed by atoms with E-state index in [9.17, 15) is 9.18 Å². The van der Waals surface area contributed by atoms with Crippen LogP contribution in [0.5, 0.6) is 0 Å². The molecule has 1 rings (SSSR count). The van der Waals surface area contributed by atoms with E-state index >= 15 is 0 Å². The van der Waals surface area contributed by atoms with E-state index in [0.29, 0.717) is 6.29 Å². The zero-order chi connectivity index (χ0) is 8.97. The van der Waals surface area contributed by atoms with Crippen LogP contribution in [-0.2, 0) is 4.79 Å². The van der Waals surface area contributed by atoms with Gasteiger partial charge in [0.25, 0.3) is 0 Å². The number of hydrogen-bond donors (Lipinski definition) is 0. The van der Waals surface area contributed by atoms with Crippen molar-refractivity contribution in [3.63, 3.8) is 0 Å². The number of benzene rings is 1. The SMILES string of the molecule is CC(c1ccccc1)C(F)C=O. The molecule has 0 aliphatic carbocycles. The van der Waals surface area contributed by atoms with E-state index in [1.54, 1.807) is 6.92 Å². The normalized spacial score (nSPS) is 15.2. The van der Waals surface area contributed by atoms with Gasteiger partial charge in [-0.2, -0.15) is 0 Å². The lowest BCUT2D eigenvalue weighted by molar-refractivity contribution is -0.112. The molecule has 1 aromatic rings. The molecule has 1 nitrogen and oxygen atoms in total. The number of alkyl halides is 1. The number of halogens is 1. The smallest absolute Gasteiger partial charge is 0.162 e. The van der Waals surface area contributed by atoms with Gasteiger partial charge in [0.1, 0.15) is 0 Å². The molecule has 0 bridgehead atoms. The van der Waals surface area contributed by atoms with Crippen LogP contribution in [0.15, 0.2) is 30.3 Å². The predicted octanol–water partition coefficient (Wildman–Crippen LogP) is 2.33. The molecule has 0 saturated carbocycles. The number of carbonyl (C=O) groups excluding carboxylic acids is 1. The van der Waals surface area contributed by atoms with Crippen molar-refractivity contribution in [1.29, 1.82) is 0 Å². The van der Waals surface area contributed by atoms with E-state index in [-0.39, 0.29) is 5.92 Å². The Morgan fingerprint density at radius 3 is 2.42 bits per heavy atom.